The molecule has 1 heterocycles. The van der Waals surface area contributed by atoms with Gasteiger partial charge in [-0.25, -0.2) is 0 Å². The Hall–Kier alpha value is -1.53. The second-order valence-electron chi connectivity index (χ2n) is 4.27. The van der Waals surface area contributed by atoms with Crippen LogP contribution < -0.4 is 10.1 Å². The monoisotopic (exact) mass is 230 g/mol. The molecule has 0 aliphatic heterocycles. The Labute approximate surface area is 103 Å². The molecule has 0 spiro atoms. The summed E-state index contributed by atoms with van der Waals surface area (Å²) >= 11 is 0. The van der Waals surface area contributed by atoms with Gasteiger partial charge in [-0.1, -0.05) is 5.92 Å². The van der Waals surface area contributed by atoms with Crippen molar-refractivity contribution in [3.63, 3.8) is 0 Å². The summed E-state index contributed by atoms with van der Waals surface area (Å²) in [5.41, 5.74) is 2.00. The first-order valence-electron chi connectivity index (χ1n) is 6.02. The summed E-state index contributed by atoms with van der Waals surface area (Å²) in [6.07, 6.45) is 2.56. The highest BCUT2D eigenvalue weighted by Gasteiger charge is 2.21. The van der Waals surface area contributed by atoms with Gasteiger partial charge in [-0.3, -0.25) is 4.98 Å². The summed E-state index contributed by atoms with van der Waals surface area (Å²) in [4.78, 5) is 4.52. The first kappa shape index (κ1) is 11.9. The molecule has 1 fully saturated rings. The normalized spacial score (nSPS) is 14.0. The molecule has 1 saturated carbocycles. The van der Waals surface area contributed by atoms with E-state index in [1.54, 1.807) is 0 Å². The van der Waals surface area contributed by atoms with Gasteiger partial charge < -0.3 is 10.1 Å². The number of aromatic nitrogens is 1. The molecule has 1 N–H and O–H groups in total. The minimum atomic E-state index is 0.428. The molecule has 0 amide bonds. The number of nitrogens with zero attached hydrogens (tertiary/aromatic N) is 1. The molecule has 0 atom stereocenters. The van der Waals surface area contributed by atoms with Crippen molar-refractivity contribution >= 4 is 0 Å². The van der Waals surface area contributed by atoms with Gasteiger partial charge in [0.05, 0.1) is 5.69 Å². The van der Waals surface area contributed by atoms with Crippen molar-refractivity contribution in [1.29, 1.82) is 0 Å². The van der Waals surface area contributed by atoms with Gasteiger partial charge in [0.1, 0.15) is 12.4 Å². The lowest BCUT2D eigenvalue weighted by Crippen LogP contribution is -2.17. The van der Waals surface area contributed by atoms with E-state index in [9.17, 15) is 0 Å². The third-order valence-corrected chi connectivity index (χ3v) is 2.68. The Morgan fingerprint density at radius 1 is 1.47 bits per heavy atom. The van der Waals surface area contributed by atoms with Crippen LogP contribution in [0.2, 0.25) is 0 Å². The third-order valence-electron chi connectivity index (χ3n) is 2.68. The molecule has 2 rings (SSSR count). The number of nitrogens with one attached hydrogen (secondary N) is 1. The van der Waals surface area contributed by atoms with Crippen molar-refractivity contribution in [3.05, 3.63) is 23.5 Å². The minimum Gasteiger partial charge on any atom is -0.479 e. The van der Waals surface area contributed by atoms with Crippen LogP contribution >= 0.6 is 0 Å². The molecule has 1 aliphatic carbocycles. The number of ether oxygens (including phenoxy) is 1. The molecule has 1 aromatic heterocycles. The molecule has 0 aromatic carbocycles. The fourth-order valence-electron chi connectivity index (χ4n) is 1.57. The van der Waals surface area contributed by atoms with Crippen LogP contribution in [-0.2, 0) is 6.54 Å². The van der Waals surface area contributed by atoms with Crippen molar-refractivity contribution in [1.82, 2.24) is 10.3 Å². The Morgan fingerprint density at radius 3 is 3.00 bits per heavy atom. The average molecular weight is 230 g/mol. The van der Waals surface area contributed by atoms with E-state index < -0.39 is 0 Å². The predicted molar refractivity (Wildman–Crippen MR) is 67.8 cm³/mol. The number of pyridine rings is 1. The number of hydrogen-bond acceptors (Lipinski definition) is 3. The highest BCUT2D eigenvalue weighted by Crippen LogP contribution is 2.21. The van der Waals surface area contributed by atoms with E-state index in [2.05, 4.69) is 22.1 Å². The topological polar surface area (TPSA) is 34.1 Å². The molecule has 1 aromatic rings. The molecule has 1 aliphatic rings. The zero-order valence-electron chi connectivity index (χ0n) is 10.4. The lowest BCUT2D eigenvalue weighted by molar-refractivity contribution is 0.361. The largest absolute Gasteiger partial charge is 0.479 e. The highest BCUT2D eigenvalue weighted by molar-refractivity contribution is 5.29. The van der Waals surface area contributed by atoms with Gasteiger partial charge >= 0.3 is 0 Å². The predicted octanol–water partition coefficient (Wildman–Crippen LogP) is 2.04. The molecule has 0 bridgehead atoms. The van der Waals surface area contributed by atoms with Crippen LogP contribution in [0.25, 0.3) is 0 Å². The van der Waals surface area contributed by atoms with E-state index in [1.165, 1.54) is 12.8 Å². The number of aryl methyl sites for hydroxylation is 1. The standard InChI is InChI=1S/C14H18N2O/c1-3-4-9-17-14-8-5-11(2)16-13(14)10-15-12-6-7-12/h5,8,12,15H,6-7,9-10H2,1-2H3. The average Bonchev–Trinajstić information content (AvgIpc) is 3.13. The van der Waals surface area contributed by atoms with Gasteiger partial charge in [-0.2, -0.15) is 0 Å². The summed E-state index contributed by atoms with van der Waals surface area (Å²) in [7, 11) is 0. The fourth-order valence-corrected chi connectivity index (χ4v) is 1.57. The van der Waals surface area contributed by atoms with Crippen molar-refractivity contribution in [2.45, 2.75) is 39.3 Å². The zero-order valence-corrected chi connectivity index (χ0v) is 10.4. The van der Waals surface area contributed by atoms with E-state index in [4.69, 9.17) is 4.74 Å². The van der Waals surface area contributed by atoms with E-state index in [1.807, 2.05) is 26.0 Å². The molecular weight excluding hydrogens is 212 g/mol. The Balaban J connectivity index is 2.01. The molecule has 3 nitrogen and oxygen atoms in total. The van der Waals surface area contributed by atoms with Crippen molar-refractivity contribution in [2.24, 2.45) is 0 Å². The summed E-state index contributed by atoms with van der Waals surface area (Å²) in [5.74, 6) is 6.55. The molecule has 0 radical (unpaired) electrons. The maximum Gasteiger partial charge on any atom is 0.149 e. The van der Waals surface area contributed by atoms with Crippen LogP contribution in [0.3, 0.4) is 0 Å². The molecule has 0 unspecified atom stereocenters. The zero-order chi connectivity index (χ0) is 12.1. The first-order chi connectivity index (χ1) is 8.29. The van der Waals surface area contributed by atoms with Crippen LogP contribution in [0.1, 0.15) is 31.2 Å². The summed E-state index contributed by atoms with van der Waals surface area (Å²) in [6.45, 7) is 5.02. The summed E-state index contributed by atoms with van der Waals surface area (Å²) in [5, 5.41) is 3.45. The van der Waals surface area contributed by atoms with E-state index >= 15 is 0 Å². The quantitative estimate of drug-likeness (QED) is 0.786. The Morgan fingerprint density at radius 2 is 2.29 bits per heavy atom. The molecule has 3 heteroatoms. The SMILES string of the molecule is CC#CCOc1ccc(C)nc1CNC1CC1. The second kappa shape index (κ2) is 5.70. The lowest BCUT2D eigenvalue weighted by atomic mass is 10.3. The summed E-state index contributed by atoms with van der Waals surface area (Å²) < 4.78 is 5.61. The van der Waals surface area contributed by atoms with E-state index in [0.29, 0.717) is 12.6 Å². The molecule has 0 saturated heterocycles. The highest BCUT2D eigenvalue weighted by atomic mass is 16.5. The number of hydrogen-bond donors (Lipinski definition) is 1. The van der Waals surface area contributed by atoms with Gasteiger partial charge in [0.25, 0.3) is 0 Å². The van der Waals surface area contributed by atoms with E-state index in [-0.39, 0.29) is 0 Å². The van der Waals surface area contributed by atoms with Crippen molar-refractivity contribution in [3.8, 4) is 17.6 Å². The van der Waals surface area contributed by atoms with Crippen LogP contribution in [0.5, 0.6) is 5.75 Å². The van der Waals surface area contributed by atoms with Crippen LogP contribution in [-0.4, -0.2) is 17.6 Å². The Kier molecular flexibility index (Phi) is 4.00. The van der Waals surface area contributed by atoms with Crippen LogP contribution in [0.4, 0.5) is 0 Å². The molecule has 17 heavy (non-hydrogen) atoms. The fraction of sp³-hybridized carbons (Fsp3) is 0.500. The van der Waals surface area contributed by atoms with Gasteiger partial charge in [0.2, 0.25) is 0 Å². The lowest BCUT2D eigenvalue weighted by Gasteiger charge is -2.10. The first-order valence-corrected chi connectivity index (χ1v) is 6.02. The Bertz CT molecular complexity index is 441. The molecular formula is C14H18N2O. The smallest absolute Gasteiger partial charge is 0.149 e. The van der Waals surface area contributed by atoms with Gasteiger partial charge in [-0.05, 0) is 38.8 Å². The second-order valence-corrected chi connectivity index (χ2v) is 4.27. The maximum atomic E-state index is 5.61. The van der Waals surface area contributed by atoms with Gasteiger partial charge in [0, 0.05) is 18.3 Å². The third kappa shape index (κ3) is 3.76. The summed E-state index contributed by atoms with van der Waals surface area (Å²) in [6, 6.07) is 4.62. The minimum absolute atomic E-state index is 0.428. The molecule has 90 valence electrons. The van der Waals surface area contributed by atoms with Crippen LogP contribution in [0.15, 0.2) is 12.1 Å². The maximum absolute atomic E-state index is 5.61. The van der Waals surface area contributed by atoms with Gasteiger partial charge in [0.15, 0.2) is 0 Å². The van der Waals surface area contributed by atoms with Crippen LogP contribution in [0, 0.1) is 18.8 Å². The van der Waals surface area contributed by atoms with Crippen molar-refractivity contribution in [2.75, 3.05) is 6.61 Å². The number of rotatable bonds is 5. The van der Waals surface area contributed by atoms with Crippen molar-refractivity contribution < 1.29 is 4.74 Å². The van der Waals surface area contributed by atoms with Gasteiger partial charge in [-0.15, -0.1) is 5.92 Å². The van der Waals surface area contributed by atoms with E-state index in [0.717, 1.165) is 23.7 Å².